The molecule has 0 aliphatic carbocycles. The van der Waals surface area contributed by atoms with Crippen LogP contribution in [0.25, 0.3) is 11.1 Å². The number of benzene rings is 2. The number of hydrogen-bond acceptors (Lipinski definition) is 2. The summed E-state index contributed by atoms with van der Waals surface area (Å²) >= 11 is 0. The Morgan fingerprint density at radius 2 is 1.06 bits per heavy atom. The van der Waals surface area contributed by atoms with E-state index in [4.69, 9.17) is 0 Å². The predicted octanol–water partition coefficient (Wildman–Crippen LogP) is 0.352. The van der Waals surface area contributed by atoms with Gasteiger partial charge in [0.2, 0.25) is 0 Å². The number of hydrogen-bond donors (Lipinski definition) is 2. The maximum Gasteiger partial charge on any atom is 0.123 e. The first-order valence-corrected chi connectivity index (χ1v) is 5.69. The first-order valence-electron chi connectivity index (χ1n) is 4.69. The molecule has 0 saturated heterocycles. The molecule has 0 bridgehead atoms. The van der Waals surface area contributed by atoms with Gasteiger partial charge in [0, 0.05) is 11.1 Å². The molecule has 0 fully saturated rings. The molecular weight excluding hydrogens is 232 g/mol. The van der Waals surface area contributed by atoms with Crippen LogP contribution in [0.4, 0.5) is 0 Å². The first-order chi connectivity index (χ1) is 7.61. The van der Waals surface area contributed by atoms with Gasteiger partial charge in [-0.05, 0) is 12.1 Å². The van der Waals surface area contributed by atoms with Gasteiger partial charge in [-0.1, -0.05) is 34.6 Å². The zero-order valence-corrected chi connectivity index (χ0v) is 10.4. The average molecular weight is 240 g/mol. The summed E-state index contributed by atoms with van der Waals surface area (Å²) in [6.07, 6.45) is 0. The molecule has 0 spiro atoms. The molecule has 2 N–H and O–H groups in total. The van der Waals surface area contributed by atoms with E-state index in [0.29, 0.717) is 11.1 Å². The van der Waals surface area contributed by atoms with Gasteiger partial charge in [-0.15, -0.1) is 0 Å². The molecule has 6 radical (unpaired) electrons. The topological polar surface area (TPSA) is 40.5 Å². The van der Waals surface area contributed by atoms with E-state index in [1.54, 1.807) is 24.3 Å². The Labute approximate surface area is 100 Å². The molecule has 0 aliphatic rings. The predicted molar refractivity (Wildman–Crippen MR) is 66.0 cm³/mol. The minimum absolute atomic E-state index is 0.119. The Hall–Kier alpha value is -1.53. The standard InChI is InChI=1S/C12H8O2Si2/c13-7-3-1-5-9(15)11(7)12-8(14)4-2-6-10(12)16/h1-6,13-14H. The zero-order valence-electron chi connectivity index (χ0n) is 8.36. The third-order valence-corrected chi connectivity index (χ3v) is 3.17. The molecule has 0 aromatic heterocycles. The zero-order chi connectivity index (χ0) is 11.7. The van der Waals surface area contributed by atoms with Crippen molar-refractivity contribution in [3.05, 3.63) is 36.4 Å². The summed E-state index contributed by atoms with van der Waals surface area (Å²) in [5.74, 6) is 0.238. The van der Waals surface area contributed by atoms with Crippen molar-refractivity contribution < 1.29 is 10.2 Å². The highest BCUT2D eigenvalue weighted by molar-refractivity contribution is 6.41. The van der Waals surface area contributed by atoms with Gasteiger partial charge in [0.1, 0.15) is 11.5 Å². The lowest BCUT2D eigenvalue weighted by Crippen LogP contribution is -2.13. The number of phenols is 2. The van der Waals surface area contributed by atoms with Gasteiger partial charge in [-0.2, -0.15) is 0 Å². The summed E-state index contributed by atoms with van der Waals surface area (Å²) in [4.78, 5) is 0. The molecular formula is C12H8O2Si2. The minimum atomic E-state index is 0.119. The van der Waals surface area contributed by atoms with Crippen LogP contribution in [-0.2, 0) is 0 Å². The molecule has 0 heterocycles. The number of rotatable bonds is 1. The van der Waals surface area contributed by atoms with Crippen molar-refractivity contribution >= 4 is 30.9 Å². The molecule has 16 heavy (non-hydrogen) atoms. The summed E-state index contributed by atoms with van der Waals surface area (Å²) in [6.45, 7) is 0. The van der Waals surface area contributed by atoms with Gasteiger partial charge in [0.05, 0.1) is 20.5 Å². The highest BCUT2D eigenvalue weighted by atomic mass is 28.1. The van der Waals surface area contributed by atoms with Crippen LogP contribution < -0.4 is 10.4 Å². The molecule has 2 rings (SSSR count). The van der Waals surface area contributed by atoms with Crippen molar-refractivity contribution in [2.24, 2.45) is 0 Å². The van der Waals surface area contributed by atoms with Crippen LogP contribution >= 0.6 is 0 Å². The van der Waals surface area contributed by atoms with Crippen LogP contribution in [0, 0.1) is 0 Å². The fourth-order valence-corrected chi connectivity index (χ4v) is 2.30. The second-order valence-electron chi connectivity index (χ2n) is 3.40. The van der Waals surface area contributed by atoms with E-state index in [1.807, 2.05) is 12.1 Å². The van der Waals surface area contributed by atoms with E-state index in [9.17, 15) is 10.2 Å². The highest BCUT2D eigenvalue weighted by Gasteiger charge is 2.13. The van der Waals surface area contributed by atoms with Crippen molar-refractivity contribution in [1.29, 1.82) is 0 Å². The van der Waals surface area contributed by atoms with Crippen molar-refractivity contribution in [3.63, 3.8) is 0 Å². The van der Waals surface area contributed by atoms with Crippen molar-refractivity contribution in [2.45, 2.75) is 0 Å². The molecule has 0 aliphatic heterocycles. The third-order valence-electron chi connectivity index (χ3n) is 2.33. The monoisotopic (exact) mass is 240 g/mol. The van der Waals surface area contributed by atoms with Crippen LogP contribution in [-0.4, -0.2) is 30.7 Å². The first kappa shape index (κ1) is 11.0. The molecule has 0 amide bonds. The lowest BCUT2D eigenvalue weighted by atomic mass is 10.0. The molecule has 76 valence electrons. The molecule has 2 aromatic rings. The van der Waals surface area contributed by atoms with Crippen LogP contribution in [0.3, 0.4) is 0 Å². The van der Waals surface area contributed by atoms with E-state index < -0.39 is 0 Å². The summed E-state index contributed by atoms with van der Waals surface area (Å²) < 4.78 is 0. The summed E-state index contributed by atoms with van der Waals surface area (Å²) in [6, 6.07) is 10.2. The second-order valence-corrected chi connectivity index (χ2v) is 4.48. The Balaban J connectivity index is 2.77. The molecule has 0 unspecified atom stereocenters. The fraction of sp³-hybridized carbons (Fsp3) is 0. The van der Waals surface area contributed by atoms with Gasteiger partial charge >= 0.3 is 0 Å². The van der Waals surface area contributed by atoms with Crippen LogP contribution in [0.15, 0.2) is 36.4 Å². The van der Waals surface area contributed by atoms with E-state index >= 15 is 0 Å². The smallest absolute Gasteiger partial charge is 0.123 e. The molecule has 2 aromatic carbocycles. The quantitative estimate of drug-likeness (QED) is 0.706. The van der Waals surface area contributed by atoms with E-state index in [2.05, 4.69) is 20.5 Å². The van der Waals surface area contributed by atoms with Gasteiger partial charge < -0.3 is 10.2 Å². The number of aromatic hydroxyl groups is 2. The van der Waals surface area contributed by atoms with Gasteiger partial charge in [-0.3, -0.25) is 0 Å². The Morgan fingerprint density at radius 1 is 0.688 bits per heavy atom. The lowest BCUT2D eigenvalue weighted by Gasteiger charge is -2.12. The largest absolute Gasteiger partial charge is 0.507 e. The van der Waals surface area contributed by atoms with Gasteiger partial charge in [0.15, 0.2) is 0 Å². The summed E-state index contributed by atoms with van der Waals surface area (Å²) in [5, 5.41) is 21.1. The van der Waals surface area contributed by atoms with Crippen LogP contribution in [0.5, 0.6) is 11.5 Å². The maximum absolute atomic E-state index is 9.83. The van der Waals surface area contributed by atoms with Crippen LogP contribution in [0.1, 0.15) is 0 Å². The van der Waals surface area contributed by atoms with Crippen molar-refractivity contribution in [3.8, 4) is 22.6 Å². The Morgan fingerprint density at radius 3 is 1.38 bits per heavy atom. The van der Waals surface area contributed by atoms with E-state index in [0.717, 1.165) is 10.4 Å². The average Bonchev–Trinajstić information content (AvgIpc) is 2.21. The summed E-state index contributed by atoms with van der Waals surface area (Å²) in [5.41, 5.74) is 1.14. The van der Waals surface area contributed by atoms with Gasteiger partial charge in [-0.25, -0.2) is 0 Å². The molecule has 4 heteroatoms. The highest BCUT2D eigenvalue weighted by Crippen LogP contribution is 2.31. The van der Waals surface area contributed by atoms with Crippen molar-refractivity contribution in [1.82, 2.24) is 0 Å². The molecule has 2 nitrogen and oxygen atoms in total. The summed E-state index contributed by atoms with van der Waals surface area (Å²) in [7, 11) is 6.83. The van der Waals surface area contributed by atoms with E-state index in [1.165, 1.54) is 0 Å². The Kier molecular flexibility index (Phi) is 2.85. The normalized spacial score (nSPS) is 10.4. The lowest BCUT2D eigenvalue weighted by molar-refractivity contribution is 0.470. The minimum Gasteiger partial charge on any atom is -0.507 e. The van der Waals surface area contributed by atoms with Gasteiger partial charge in [0.25, 0.3) is 0 Å². The number of phenolic OH excluding ortho intramolecular Hbond substituents is 2. The molecule has 0 saturated carbocycles. The van der Waals surface area contributed by atoms with E-state index in [-0.39, 0.29) is 11.5 Å². The van der Waals surface area contributed by atoms with Crippen molar-refractivity contribution in [2.75, 3.05) is 0 Å². The van der Waals surface area contributed by atoms with Crippen LogP contribution in [0.2, 0.25) is 0 Å². The maximum atomic E-state index is 9.83. The fourth-order valence-electron chi connectivity index (χ4n) is 1.61. The molecule has 0 atom stereocenters. The Bertz CT molecular complexity index is 449. The third kappa shape index (κ3) is 1.77. The SMILES string of the molecule is Oc1cccc([Si])c1-c1c(O)cccc1[Si]. The second kappa shape index (κ2) is 4.15.